The number of ether oxygens (including phenoxy) is 3. The van der Waals surface area contributed by atoms with Gasteiger partial charge in [-0.15, -0.1) is 0 Å². The average molecular weight is 640 g/mol. The van der Waals surface area contributed by atoms with Crippen LogP contribution in [0.25, 0.3) is 11.0 Å². The number of nitrogens with one attached hydrogen (secondary N) is 1. The Bertz CT molecular complexity index is 1110. The smallest absolute Gasteiger partial charge is 0.113 e. The van der Waals surface area contributed by atoms with E-state index < -0.39 is 0 Å². The van der Waals surface area contributed by atoms with Gasteiger partial charge in [0.15, 0.2) is 0 Å². The molecule has 0 saturated carbocycles. The van der Waals surface area contributed by atoms with Crippen LogP contribution in [0.1, 0.15) is 52.3 Å². The van der Waals surface area contributed by atoms with Crippen LogP contribution in [0.4, 0.5) is 11.4 Å². The Labute approximate surface area is 237 Å². The Balaban J connectivity index is 0.000000222. The Kier molecular flexibility index (Phi) is 12.2. The fourth-order valence-electron chi connectivity index (χ4n) is 4.16. The number of halogens is 2. The number of hydrogen-bond acceptors (Lipinski definition) is 6. The fraction of sp³-hybridized carbons (Fsp3) is 0.536. The van der Waals surface area contributed by atoms with E-state index in [2.05, 4.69) is 73.8 Å². The Morgan fingerprint density at radius 1 is 1.00 bits per heavy atom. The van der Waals surface area contributed by atoms with Crippen LogP contribution in [0, 0.1) is 0 Å². The minimum atomic E-state index is 0.257. The number of fused-ring (bicyclic) bond motifs is 1. The number of nitrogens with two attached hydrogens (primary N) is 1. The molecule has 3 N–H and O–H groups in total. The first kappa shape index (κ1) is 29.9. The summed E-state index contributed by atoms with van der Waals surface area (Å²) in [6.45, 7) is 12.9. The molecule has 204 valence electrons. The Hall–Kier alpha value is -1.65. The van der Waals surface area contributed by atoms with Gasteiger partial charge in [0.2, 0.25) is 0 Å². The third-order valence-electron chi connectivity index (χ3n) is 5.98. The molecule has 9 heteroatoms. The van der Waals surface area contributed by atoms with Crippen molar-refractivity contribution in [1.29, 1.82) is 0 Å². The van der Waals surface area contributed by atoms with Gasteiger partial charge in [-0.1, -0.05) is 31.9 Å². The molecule has 0 bridgehead atoms. The highest BCUT2D eigenvalue weighted by Crippen LogP contribution is 2.30. The van der Waals surface area contributed by atoms with Gasteiger partial charge in [0.1, 0.15) is 5.82 Å². The molecule has 0 aliphatic carbocycles. The summed E-state index contributed by atoms with van der Waals surface area (Å²) < 4.78 is 21.1. The van der Waals surface area contributed by atoms with E-state index in [1.807, 2.05) is 32.0 Å². The maximum atomic E-state index is 5.81. The van der Waals surface area contributed by atoms with E-state index in [-0.39, 0.29) is 12.2 Å². The largest absolute Gasteiger partial charge is 0.397 e. The molecule has 4 rings (SSSR count). The van der Waals surface area contributed by atoms with E-state index in [4.69, 9.17) is 24.9 Å². The van der Waals surface area contributed by atoms with Crippen molar-refractivity contribution in [2.24, 2.45) is 0 Å². The van der Waals surface area contributed by atoms with Gasteiger partial charge in [-0.3, -0.25) is 0 Å². The predicted molar refractivity (Wildman–Crippen MR) is 159 cm³/mol. The van der Waals surface area contributed by atoms with E-state index in [0.29, 0.717) is 19.1 Å². The topological polar surface area (TPSA) is 83.6 Å². The number of nitrogen functional groups attached to an aromatic ring is 1. The Morgan fingerprint density at radius 2 is 1.65 bits per heavy atom. The van der Waals surface area contributed by atoms with Crippen LogP contribution in [-0.2, 0) is 20.8 Å². The first-order chi connectivity index (χ1) is 17.7. The highest BCUT2D eigenvalue weighted by atomic mass is 79.9. The van der Waals surface area contributed by atoms with Crippen molar-refractivity contribution in [2.75, 3.05) is 44.0 Å². The quantitative estimate of drug-likeness (QED) is 0.184. The number of imidazole rings is 1. The summed E-state index contributed by atoms with van der Waals surface area (Å²) in [5.74, 6) is 1.67. The molecule has 0 spiro atoms. The first-order valence-electron chi connectivity index (χ1n) is 13.0. The SMILES string of the molecule is CC(C)OCCNc1cc(Br)ccc1N.CC(C)OCCn1c(C2CCOCC2)nc2ccc(Br)cc21. The summed E-state index contributed by atoms with van der Waals surface area (Å²) in [4.78, 5) is 4.91. The van der Waals surface area contributed by atoms with Crippen LogP contribution in [0.5, 0.6) is 0 Å². The van der Waals surface area contributed by atoms with Crippen molar-refractivity contribution >= 4 is 54.3 Å². The van der Waals surface area contributed by atoms with E-state index in [9.17, 15) is 0 Å². The fourth-order valence-corrected chi connectivity index (χ4v) is 4.87. The number of benzene rings is 2. The molecule has 1 saturated heterocycles. The summed E-state index contributed by atoms with van der Waals surface area (Å²) in [5, 5.41) is 3.23. The first-order valence-corrected chi connectivity index (χ1v) is 14.6. The van der Waals surface area contributed by atoms with Crippen molar-refractivity contribution in [3.8, 4) is 0 Å². The standard InChI is InChI=1S/C17H23BrN2O2.C11H17BrN2O/c1-12(2)22-10-7-20-16-11-14(18)3-4-15(16)19-17(20)13-5-8-21-9-6-13;1-8(2)15-6-5-14-11-7-9(12)3-4-10(11)13/h3-4,11-13H,5-10H2,1-2H3;3-4,7-8,14H,5-6,13H2,1-2H3. The molecule has 2 heterocycles. The van der Waals surface area contributed by atoms with Crippen LogP contribution >= 0.6 is 31.9 Å². The van der Waals surface area contributed by atoms with Gasteiger partial charge in [0.05, 0.1) is 47.8 Å². The lowest BCUT2D eigenvalue weighted by molar-refractivity contribution is 0.0697. The highest BCUT2D eigenvalue weighted by molar-refractivity contribution is 9.10. The second-order valence-electron chi connectivity index (χ2n) is 9.64. The molecule has 0 atom stereocenters. The van der Waals surface area contributed by atoms with E-state index >= 15 is 0 Å². The van der Waals surface area contributed by atoms with Crippen LogP contribution in [0.2, 0.25) is 0 Å². The maximum Gasteiger partial charge on any atom is 0.113 e. The molecular weight excluding hydrogens is 600 g/mol. The summed E-state index contributed by atoms with van der Waals surface area (Å²) in [6, 6.07) is 12.0. The molecular formula is C28H40Br2N4O3. The Morgan fingerprint density at radius 3 is 2.35 bits per heavy atom. The molecule has 7 nitrogen and oxygen atoms in total. The molecule has 1 fully saturated rings. The second kappa shape index (κ2) is 15.1. The summed E-state index contributed by atoms with van der Waals surface area (Å²) >= 11 is 6.97. The van der Waals surface area contributed by atoms with Gasteiger partial charge >= 0.3 is 0 Å². The lowest BCUT2D eigenvalue weighted by atomic mass is 9.99. The number of nitrogens with zero attached hydrogens (tertiary/aromatic N) is 2. The maximum absolute atomic E-state index is 5.81. The van der Waals surface area contributed by atoms with Gasteiger partial charge in [-0.2, -0.15) is 0 Å². The molecule has 2 aromatic carbocycles. The average Bonchev–Trinajstić information content (AvgIpc) is 3.22. The predicted octanol–water partition coefficient (Wildman–Crippen LogP) is 6.99. The lowest BCUT2D eigenvalue weighted by Gasteiger charge is -2.23. The van der Waals surface area contributed by atoms with Gasteiger partial charge < -0.3 is 29.8 Å². The number of aromatic nitrogens is 2. The minimum Gasteiger partial charge on any atom is -0.397 e. The number of anilines is 2. The van der Waals surface area contributed by atoms with Crippen LogP contribution < -0.4 is 11.1 Å². The van der Waals surface area contributed by atoms with E-state index in [1.165, 1.54) is 11.3 Å². The second-order valence-corrected chi connectivity index (χ2v) is 11.5. The number of hydrogen-bond donors (Lipinski definition) is 2. The third kappa shape index (κ3) is 9.55. The zero-order valence-corrected chi connectivity index (χ0v) is 25.5. The molecule has 3 aromatic rings. The van der Waals surface area contributed by atoms with Crippen LogP contribution in [-0.4, -0.2) is 54.7 Å². The van der Waals surface area contributed by atoms with Crippen molar-refractivity contribution in [3.05, 3.63) is 51.2 Å². The zero-order valence-electron chi connectivity index (χ0n) is 22.3. The minimum absolute atomic E-state index is 0.257. The summed E-state index contributed by atoms with van der Waals surface area (Å²) in [7, 11) is 0. The van der Waals surface area contributed by atoms with Gasteiger partial charge in [0.25, 0.3) is 0 Å². The monoisotopic (exact) mass is 638 g/mol. The number of rotatable bonds is 10. The molecule has 1 aliphatic rings. The van der Waals surface area contributed by atoms with E-state index in [0.717, 1.165) is 65.0 Å². The van der Waals surface area contributed by atoms with Crippen molar-refractivity contribution in [2.45, 2.75) is 65.2 Å². The van der Waals surface area contributed by atoms with Gasteiger partial charge in [-0.05, 0) is 76.9 Å². The molecule has 1 aromatic heterocycles. The van der Waals surface area contributed by atoms with Crippen LogP contribution in [0.3, 0.4) is 0 Å². The van der Waals surface area contributed by atoms with Crippen molar-refractivity contribution in [3.63, 3.8) is 0 Å². The van der Waals surface area contributed by atoms with E-state index in [1.54, 1.807) is 0 Å². The summed E-state index contributed by atoms with van der Waals surface area (Å²) in [5.41, 5.74) is 9.75. The zero-order chi connectivity index (χ0) is 26.8. The van der Waals surface area contributed by atoms with Crippen molar-refractivity contribution in [1.82, 2.24) is 9.55 Å². The molecule has 0 amide bonds. The molecule has 0 radical (unpaired) electrons. The summed E-state index contributed by atoms with van der Waals surface area (Å²) in [6.07, 6.45) is 2.63. The normalized spacial score (nSPS) is 14.3. The third-order valence-corrected chi connectivity index (χ3v) is 6.96. The molecule has 37 heavy (non-hydrogen) atoms. The van der Waals surface area contributed by atoms with Crippen LogP contribution in [0.15, 0.2) is 45.3 Å². The van der Waals surface area contributed by atoms with Gasteiger partial charge in [-0.25, -0.2) is 4.98 Å². The molecule has 0 unspecified atom stereocenters. The van der Waals surface area contributed by atoms with Gasteiger partial charge in [0, 0.05) is 41.2 Å². The van der Waals surface area contributed by atoms with Crippen molar-refractivity contribution < 1.29 is 14.2 Å². The lowest BCUT2D eigenvalue weighted by Crippen LogP contribution is -2.20. The molecule has 1 aliphatic heterocycles. The highest BCUT2D eigenvalue weighted by Gasteiger charge is 2.23.